The Balaban J connectivity index is 2.06. The normalized spacial score (nSPS) is 17.0. The molecule has 0 amide bonds. The van der Waals surface area contributed by atoms with Gasteiger partial charge in [-0.05, 0) is 57.1 Å². The van der Waals surface area contributed by atoms with E-state index in [4.69, 9.17) is 4.84 Å². The molecule has 1 aliphatic rings. The average Bonchev–Trinajstić information content (AvgIpc) is 2.68. The van der Waals surface area contributed by atoms with Gasteiger partial charge in [0.15, 0.2) is 14.6 Å². The third kappa shape index (κ3) is 5.69. The van der Waals surface area contributed by atoms with Crippen molar-refractivity contribution in [2.24, 2.45) is 0 Å². The molecule has 0 N–H and O–H groups in total. The standard InChI is InChI=1S/C22H29FN2O4S/c1-6-22(2,30(5,27)28)21(26)29-25-14-11-17(12-15-25)19-10-9-18(20(23)16-19)8-7-13-24(3)4/h9-11,16H,6,12-15H2,1-5H3. The van der Waals surface area contributed by atoms with Crippen molar-refractivity contribution in [3.63, 3.8) is 0 Å². The molecule has 0 radical (unpaired) electrons. The molecule has 6 nitrogen and oxygen atoms in total. The molecule has 0 aliphatic carbocycles. The van der Waals surface area contributed by atoms with Gasteiger partial charge in [-0.25, -0.2) is 17.6 Å². The van der Waals surface area contributed by atoms with Crippen LogP contribution in [0.1, 0.15) is 37.8 Å². The van der Waals surface area contributed by atoms with Gasteiger partial charge in [0, 0.05) is 12.8 Å². The maximum Gasteiger partial charge on any atom is 0.346 e. The summed E-state index contributed by atoms with van der Waals surface area (Å²) in [6.45, 7) is 4.27. The van der Waals surface area contributed by atoms with Crippen LogP contribution in [0, 0.1) is 17.7 Å². The van der Waals surface area contributed by atoms with E-state index >= 15 is 0 Å². The molecule has 8 heteroatoms. The van der Waals surface area contributed by atoms with Gasteiger partial charge in [0.2, 0.25) is 0 Å². The van der Waals surface area contributed by atoms with Gasteiger partial charge in [0.25, 0.3) is 0 Å². The second-order valence-electron chi connectivity index (χ2n) is 7.84. The number of hydroxylamine groups is 2. The Morgan fingerprint density at radius 1 is 1.37 bits per heavy atom. The summed E-state index contributed by atoms with van der Waals surface area (Å²) in [5.41, 5.74) is 2.05. The van der Waals surface area contributed by atoms with Crippen molar-refractivity contribution in [2.75, 3.05) is 40.0 Å². The fourth-order valence-corrected chi connectivity index (χ4v) is 3.74. The van der Waals surface area contributed by atoms with E-state index in [0.717, 1.165) is 17.4 Å². The average molecular weight is 437 g/mol. The van der Waals surface area contributed by atoms with Crippen molar-refractivity contribution in [2.45, 2.75) is 31.4 Å². The van der Waals surface area contributed by atoms with E-state index in [0.29, 0.717) is 31.6 Å². The first kappa shape index (κ1) is 24.1. The van der Waals surface area contributed by atoms with E-state index in [1.807, 2.05) is 31.1 Å². The molecule has 0 spiro atoms. The van der Waals surface area contributed by atoms with Crippen LogP contribution in [-0.4, -0.2) is 69.1 Å². The second-order valence-corrected chi connectivity index (χ2v) is 10.3. The molecule has 0 saturated heterocycles. The van der Waals surface area contributed by atoms with Gasteiger partial charge in [0.05, 0.1) is 18.7 Å². The predicted octanol–water partition coefficient (Wildman–Crippen LogP) is 2.50. The van der Waals surface area contributed by atoms with Crippen LogP contribution in [0.2, 0.25) is 0 Å². The molecule has 1 atom stereocenters. The van der Waals surface area contributed by atoms with Gasteiger partial charge >= 0.3 is 5.97 Å². The molecular formula is C22H29FN2O4S. The van der Waals surface area contributed by atoms with Crippen LogP contribution in [0.5, 0.6) is 0 Å². The highest BCUT2D eigenvalue weighted by Crippen LogP contribution is 2.26. The van der Waals surface area contributed by atoms with Gasteiger partial charge in [-0.2, -0.15) is 0 Å². The first-order chi connectivity index (χ1) is 14.0. The van der Waals surface area contributed by atoms with Crippen molar-refractivity contribution in [1.82, 2.24) is 9.96 Å². The first-order valence-corrected chi connectivity index (χ1v) is 11.7. The monoisotopic (exact) mass is 436 g/mol. The lowest BCUT2D eigenvalue weighted by Gasteiger charge is -2.30. The number of carbonyl (C=O) groups excluding carboxylic acids is 1. The summed E-state index contributed by atoms with van der Waals surface area (Å²) in [5.74, 6) is 4.59. The quantitative estimate of drug-likeness (QED) is 0.639. The van der Waals surface area contributed by atoms with Crippen LogP contribution in [0.4, 0.5) is 4.39 Å². The molecule has 0 bridgehead atoms. The highest BCUT2D eigenvalue weighted by molar-refractivity contribution is 7.92. The van der Waals surface area contributed by atoms with Crippen LogP contribution in [0.25, 0.3) is 5.57 Å². The van der Waals surface area contributed by atoms with Crippen LogP contribution in [0.15, 0.2) is 24.3 Å². The number of carbonyl (C=O) groups is 1. The van der Waals surface area contributed by atoms with Crippen LogP contribution in [-0.2, 0) is 19.5 Å². The third-order valence-corrected chi connectivity index (χ3v) is 7.36. The second kappa shape index (κ2) is 9.73. The van der Waals surface area contributed by atoms with Crippen molar-refractivity contribution >= 4 is 21.4 Å². The smallest absolute Gasteiger partial charge is 0.346 e. The maximum atomic E-state index is 14.4. The molecule has 2 rings (SSSR count). The summed E-state index contributed by atoms with van der Waals surface area (Å²) in [6, 6.07) is 4.96. The first-order valence-electron chi connectivity index (χ1n) is 9.77. The lowest BCUT2D eigenvalue weighted by atomic mass is 9.98. The van der Waals surface area contributed by atoms with E-state index in [9.17, 15) is 17.6 Å². The highest BCUT2D eigenvalue weighted by atomic mass is 32.2. The number of nitrogens with zero attached hydrogens (tertiary/aromatic N) is 2. The molecule has 1 aromatic rings. The minimum Gasteiger partial charge on any atom is -0.366 e. The van der Waals surface area contributed by atoms with Gasteiger partial charge in [0.1, 0.15) is 5.82 Å². The Bertz CT molecular complexity index is 992. The van der Waals surface area contributed by atoms with E-state index < -0.39 is 20.6 Å². The zero-order valence-corrected chi connectivity index (χ0v) is 19.0. The Labute approximate surface area is 178 Å². The number of benzene rings is 1. The summed E-state index contributed by atoms with van der Waals surface area (Å²) in [5, 5.41) is 1.43. The summed E-state index contributed by atoms with van der Waals surface area (Å²) >= 11 is 0. The molecular weight excluding hydrogens is 407 g/mol. The molecule has 164 valence electrons. The lowest BCUT2D eigenvalue weighted by Crippen LogP contribution is -2.47. The largest absolute Gasteiger partial charge is 0.366 e. The SMILES string of the molecule is CCC(C)(C(=O)ON1CC=C(c2ccc(C#CCN(C)C)c(F)c2)CC1)S(C)(=O)=O. The van der Waals surface area contributed by atoms with Gasteiger partial charge in [-0.15, -0.1) is 5.06 Å². The Kier molecular flexibility index (Phi) is 7.81. The minimum atomic E-state index is -3.61. The molecule has 0 aromatic heterocycles. The van der Waals surface area contributed by atoms with E-state index in [2.05, 4.69) is 11.8 Å². The fraction of sp³-hybridized carbons (Fsp3) is 0.500. The van der Waals surface area contributed by atoms with E-state index in [-0.39, 0.29) is 12.2 Å². The molecule has 1 aliphatic heterocycles. The van der Waals surface area contributed by atoms with Gasteiger partial charge < -0.3 is 4.84 Å². The lowest BCUT2D eigenvalue weighted by molar-refractivity contribution is -0.191. The van der Waals surface area contributed by atoms with Crippen molar-refractivity contribution in [3.8, 4) is 11.8 Å². The summed E-state index contributed by atoms with van der Waals surface area (Å²) in [7, 11) is 0.183. The summed E-state index contributed by atoms with van der Waals surface area (Å²) in [6.07, 6.45) is 3.56. The maximum absolute atomic E-state index is 14.4. The number of rotatable bonds is 6. The number of hydrogen-bond donors (Lipinski definition) is 0. The Hall–Kier alpha value is -2.21. The minimum absolute atomic E-state index is 0.128. The van der Waals surface area contributed by atoms with Crippen LogP contribution >= 0.6 is 0 Å². The zero-order chi connectivity index (χ0) is 22.5. The third-order valence-electron chi connectivity index (χ3n) is 5.27. The molecule has 1 unspecified atom stereocenters. The molecule has 0 saturated carbocycles. The summed E-state index contributed by atoms with van der Waals surface area (Å²) < 4.78 is 36.8. The van der Waals surface area contributed by atoms with Gasteiger partial charge in [-0.3, -0.25) is 4.90 Å². The van der Waals surface area contributed by atoms with Crippen molar-refractivity contribution in [3.05, 3.63) is 41.2 Å². The van der Waals surface area contributed by atoms with Crippen LogP contribution in [0.3, 0.4) is 0 Å². The zero-order valence-electron chi connectivity index (χ0n) is 18.2. The van der Waals surface area contributed by atoms with E-state index in [1.54, 1.807) is 13.0 Å². The molecule has 30 heavy (non-hydrogen) atoms. The molecule has 1 heterocycles. The van der Waals surface area contributed by atoms with Gasteiger partial charge in [-0.1, -0.05) is 30.9 Å². The number of halogens is 1. The highest BCUT2D eigenvalue weighted by Gasteiger charge is 2.44. The Morgan fingerprint density at radius 3 is 2.57 bits per heavy atom. The van der Waals surface area contributed by atoms with E-state index in [1.165, 1.54) is 18.1 Å². The predicted molar refractivity (Wildman–Crippen MR) is 116 cm³/mol. The number of sulfone groups is 1. The topological polar surface area (TPSA) is 66.9 Å². The Morgan fingerprint density at radius 2 is 2.07 bits per heavy atom. The molecule has 0 fully saturated rings. The molecule has 1 aromatic carbocycles. The van der Waals surface area contributed by atoms with Crippen LogP contribution < -0.4 is 0 Å². The van der Waals surface area contributed by atoms with Crippen molar-refractivity contribution < 1.29 is 22.4 Å². The summed E-state index contributed by atoms with van der Waals surface area (Å²) in [4.78, 5) is 19.7. The van der Waals surface area contributed by atoms with Crippen molar-refractivity contribution in [1.29, 1.82) is 0 Å². The number of hydrogen-bond acceptors (Lipinski definition) is 6. The fourth-order valence-electron chi connectivity index (χ4n) is 2.88.